The minimum atomic E-state index is -4.87. The first kappa shape index (κ1) is 28.7. The quantitative estimate of drug-likeness (QED) is 0.251. The van der Waals surface area contributed by atoms with Crippen molar-refractivity contribution in [2.75, 3.05) is 5.32 Å². The van der Waals surface area contributed by atoms with Gasteiger partial charge in [0.2, 0.25) is 5.82 Å². The molecule has 3 aromatic rings. The molecule has 3 rings (SSSR count). The summed E-state index contributed by atoms with van der Waals surface area (Å²) in [5.41, 5.74) is -1.73. The molecule has 1 aromatic carbocycles. The molecule has 1 atom stereocenters. The van der Waals surface area contributed by atoms with Crippen LogP contribution in [-0.4, -0.2) is 55.0 Å². The number of alkyl halides is 4. The number of hydrogen-bond donors (Lipinski definition) is 3. The number of anilines is 1. The lowest BCUT2D eigenvalue weighted by Gasteiger charge is -2.11. The fourth-order valence-electron chi connectivity index (χ4n) is 3.19. The first-order valence-electron chi connectivity index (χ1n) is 10.9. The van der Waals surface area contributed by atoms with Crippen molar-refractivity contribution in [3.63, 3.8) is 0 Å². The van der Waals surface area contributed by atoms with Crippen molar-refractivity contribution >= 4 is 23.5 Å². The van der Waals surface area contributed by atoms with E-state index in [0.717, 1.165) is 39.8 Å². The number of aromatic nitrogens is 4. The highest BCUT2D eigenvalue weighted by Gasteiger charge is 2.31. The molecule has 0 aliphatic heterocycles. The molecule has 12 nitrogen and oxygen atoms in total. The number of rotatable bonds is 10. The van der Waals surface area contributed by atoms with Gasteiger partial charge in [-0.05, 0) is 30.2 Å². The third kappa shape index (κ3) is 8.34. The van der Waals surface area contributed by atoms with Gasteiger partial charge in [-0.25, -0.2) is 13.9 Å². The van der Waals surface area contributed by atoms with E-state index >= 15 is 0 Å². The van der Waals surface area contributed by atoms with E-state index in [2.05, 4.69) is 20.4 Å². The van der Waals surface area contributed by atoms with E-state index in [9.17, 15) is 41.1 Å². The van der Waals surface area contributed by atoms with Gasteiger partial charge >= 0.3 is 18.2 Å². The number of carboxylic acid groups (broad SMARTS) is 1. The summed E-state index contributed by atoms with van der Waals surface area (Å²) in [7, 11) is 0. The molecule has 17 heteroatoms. The summed E-state index contributed by atoms with van der Waals surface area (Å²) in [6.45, 7) is -0.805. The topological polar surface area (TPSA) is 157 Å². The summed E-state index contributed by atoms with van der Waals surface area (Å²) in [6, 6.07) is 5.92. The van der Waals surface area contributed by atoms with Crippen LogP contribution >= 0.6 is 0 Å². The van der Waals surface area contributed by atoms with Gasteiger partial charge in [0.15, 0.2) is 5.69 Å². The van der Waals surface area contributed by atoms with E-state index in [1.54, 1.807) is 5.32 Å². The average molecular weight is 558 g/mol. The molecule has 2 amide bonds. The van der Waals surface area contributed by atoms with Gasteiger partial charge in [-0.1, -0.05) is 17.3 Å². The van der Waals surface area contributed by atoms with Gasteiger partial charge in [-0.15, -0.1) is 18.3 Å². The molecule has 1 unspecified atom stereocenters. The third-order valence-electron chi connectivity index (χ3n) is 4.97. The molecule has 2 aromatic heterocycles. The molecule has 39 heavy (non-hydrogen) atoms. The van der Waals surface area contributed by atoms with Crippen molar-refractivity contribution in [3.8, 4) is 5.75 Å². The molecular weight excluding hydrogens is 539 g/mol. The van der Waals surface area contributed by atoms with Gasteiger partial charge in [-0.2, -0.15) is 4.39 Å². The summed E-state index contributed by atoms with van der Waals surface area (Å²) in [6.07, 6.45) is -4.57. The SMILES string of the molecule is O=C(O)C(=O)Nc1ccn(CCC(F)Cn2cc(C(=O)NCc3cccc(OC(F)(F)F)c3)nn2)c(=O)c1F. The number of nitrogens with zero attached hydrogens (tertiary/aromatic N) is 4. The van der Waals surface area contributed by atoms with Gasteiger partial charge in [0.25, 0.3) is 11.5 Å². The summed E-state index contributed by atoms with van der Waals surface area (Å²) in [5, 5.41) is 19.9. The lowest BCUT2D eigenvalue weighted by Crippen LogP contribution is -2.28. The zero-order valence-electron chi connectivity index (χ0n) is 19.6. The third-order valence-corrected chi connectivity index (χ3v) is 4.97. The van der Waals surface area contributed by atoms with Gasteiger partial charge in [0.05, 0.1) is 18.4 Å². The Kier molecular flexibility index (Phi) is 8.95. The van der Waals surface area contributed by atoms with Gasteiger partial charge in [0.1, 0.15) is 11.9 Å². The van der Waals surface area contributed by atoms with Crippen LogP contribution in [0.25, 0.3) is 0 Å². The Morgan fingerprint density at radius 3 is 2.62 bits per heavy atom. The summed E-state index contributed by atoms with van der Waals surface area (Å²) in [5.74, 6) is -6.03. The maximum absolute atomic E-state index is 14.5. The number of carbonyl (C=O) groups is 3. The Labute approximate surface area is 215 Å². The van der Waals surface area contributed by atoms with E-state index in [-0.39, 0.29) is 31.7 Å². The Morgan fingerprint density at radius 2 is 1.92 bits per heavy atom. The number of aliphatic carboxylic acids is 1. The highest BCUT2D eigenvalue weighted by Crippen LogP contribution is 2.23. The van der Waals surface area contributed by atoms with Crippen LogP contribution in [0, 0.1) is 5.82 Å². The zero-order chi connectivity index (χ0) is 28.7. The molecule has 0 aliphatic rings. The van der Waals surface area contributed by atoms with E-state index in [1.165, 1.54) is 12.1 Å². The summed E-state index contributed by atoms with van der Waals surface area (Å²) in [4.78, 5) is 46.0. The van der Waals surface area contributed by atoms with Crippen molar-refractivity contribution in [3.05, 3.63) is 70.2 Å². The smallest absolute Gasteiger partial charge is 0.474 e. The van der Waals surface area contributed by atoms with Crippen LogP contribution in [0.2, 0.25) is 0 Å². The number of hydrogen-bond acceptors (Lipinski definition) is 7. The zero-order valence-corrected chi connectivity index (χ0v) is 19.6. The lowest BCUT2D eigenvalue weighted by molar-refractivity contribution is -0.274. The first-order valence-corrected chi connectivity index (χ1v) is 10.9. The molecule has 3 N–H and O–H groups in total. The standard InChI is InChI=1S/C22H19F5N6O6/c23-13(4-6-32-7-5-15(17(24)20(32)36)29-19(35)21(37)38)10-33-11-16(30-31-33)18(34)28-9-12-2-1-3-14(8-12)39-22(25,26)27/h1-3,5,7-8,11,13H,4,6,9-10H2,(H,28,34)(H,29,35)(H,37,38). The van der Waals surface area contributed by atoms with Gasteiger partial charge in [-0.3, -0.25) is 14.4 Å². The number of carbonyl (C=O) groups excluding carboxylic acids is 2. The summed E-state index contributed by atoms with van der Waals surface area (Å²) < 4.78 is 71.3. The molecule has 0 fully saturated rings. The second kappa shape index (κ2) is 12.1. The van der Waals surface area contributed by atoms with E-state index in [1.807, 2.05) is 0 Å². The molecule has 0 bridgehead atoms. The number of carboxylic acids is 1. The van der Waals surface area contributed by atoms with E-state index in [4.69, 9.17) is 5.11 Å². The predicted octanol–water partition coefficient (Wildman–Crippen LogP) is 1.86. The highest BCUT2D eigenvalue weighted by atomic mass is 19.4. The van der Waals surface area contributed by atoms with Gasteiger partial charge < -0.3 is 25.0 Å². The maximum atomic E-state index is 14.5. The number of nitrogens with one attached hydrogen (secondary N) is 2. The molecule has 208 valence electrons. The molecule has 0 spiro atoms. The molecular formula is C22H19F5N6O6. The van der Waals surface area contributed by atoms with E-state index in [0.29, 0.717) is 5.56 Å². The minimum Gasteiger partial charge on any atom is -0.474 e. The number of ether oxygens (including phenoxy) is 1. The van der Waals surface area contributed by atoms with Crippen LogP contribution in [0.4, 0.5) is 27.6 Å². The maximum Gasteiger partial charge on any atom is 0.573 e. The Balaban J connectivity index is 1.51. The minimum absolute atomic E-state index is 0.156. The number of benzene rings is 1. The number of aryl methyl sites for hydroxylation is 1. The lowest BCUT2D eigenvalue weighted by atomic mass is 10.2. The second-order valence-corrected chi connectivity index (χ2v) is 7.89. The Bertz CT molecular complexity index is 1420. The number of halogens is 5. The van der Waals surface area contributed by atoms with Crippen LogP contribution in [0.1, 0.15) is 22.5 Å². The first-order chi connectivity index (χ1) is 18.3. The van der Waals surface area contributed by atoms with Crippen LogP contribution < -0.4 is 20.9 Å². The van der Waals surface area contributed by atoms with Gasteiger partial charge in [0, 0.05) is 19.3 Å². The molecule has 0 radical (unpaired) electrons. The van der Waals surface area contributed by atoms with Crippen LogP contribution in [0.5, 0.6) is 5.75 Å². The van der Waals surface area contributed by atoms with Crippen LogP contribution in [-0.2, 0) is 29.2 Å². The summed E-state index contributed by atoms with van der Waals surface area (Å²) >= 11 is 0. The van der Waals surface area contributed by atoms with Crippen molar-refractivity contribution < 1.29 is 46.2 Å². The predicted molar refractivity (Wildman–Crippen MR) is 121 cm³/mol. The molecule has 0 saturated heterocycles. The average Bonchev–Trinajstić information content (AvgIpc) is 3.32. The normalized spacial score (nSPS) is 12.0. The van der Waals surface area contributed by atoms with Crippen LogP contribution in [0.15, 0.2) is 47.5 Å². The fraction of sp³-hybridized carbons (Fsp3) is 0.273. The van der Waals surface area contributed by atoms with E-state index < -0.39 is 53.1 Å². The molecule has 0 aliphatic carbocycles. The van der Waals surface area contributed by atoms with Crippen molar-refractivity contribution in [1.82, 2.24) is 24.9 Å². The fourth-order valence-corrected chi connectivity index (χ4v) is 3.19. The van der Waals surface area contributed by atoms with Crippen molar-refractivity contribution in [2.24, 2.45) is 0 Å². The molecule has 2 heterocycles. The largest absolute Gasteiger partial charge is 0.573 e. The van der Waals surface area contributed by atoms with Crippen LogP contribution in [0.3, 0.4) is 0 Å². The number of pyridine rings is 1. The van der Waals surface area contributed by atoms with Crippen molar-refractivity contribution in [1.29, 1.82) is 0 Å². The Hall–Kier alpha value is -4.83. The van der Waals surface area contributed by atoms with Crippen molar-refractivity contribution in [2.45, 2.75) is 38.6 Å². The Morgan fingerprint density at radius 1 is 1.18 bits per heavy atom. The molecule has 0 saturated carbocycles. The highest BCUT2D eigenvalue weighted by molar-refractivity contribution is 6.36. The second-order valence-electron chi connectivity index (χ2n) is 7.89. The monoisotopic (exact) mass is 558 g/mol. The number of amides is 2.